The Hall–Kier alpha value is -1.47. The summed E-state index contributed by atoms with van der Waals surface area (Å²) in [6, 6.07) is 12.1. The smallest absolute Gasteiger partial charge is 0.124 e. The van der Waals surface area contributed by atoms with E-state index in [-0.39, 0.29) is 12.4 Å². The molecule has 102 valence electrons. The summed E-state index contributed by atoms with van der Waals surface area (Å²) in [4.78, 5) is 0.972. The molecule has 0 bridgehead atoms. The van der Waals surface area contributed by atoms with Gasteiger partial charge in [0.15, 0.2) is 0 Å². The maximum atomic E-state index is 13.2. The fraction of sp³-hybridized carbons (Fsp3) is 0.125. The van der Waals surface area contributed by atoms with E-state index in [1.54, 1.807) is 17.8 Å². The van der Waals surface area contributed by atoms with E-state index < -0.39 is 0 Å². The Morgan fingerprint density at radius 3 is 2.75 bits per heavy atom. The Balaban J connectivity index is 2.19. The fourth-order valence-electron chi connectivity index (χ4n) is 1.64. The standard InChI is InChI=1S/C16H12ClFOS/c17-15-5-1-2-6-16(15)20-11-13-7-8-14(18)10-12(13)4-3-9-19/h1-2,5-8,10,19H,9,11H2. The molecule has 0 fully saturated rings. The maximum absolute atomic E-state index is 13.2. The quantitative estimate of drug-likeness (QED) is 0.680. The van der Waals surface area contributed by atoms with Crippen molar-refractivity contribution in [1.29, 1.82) is 0 Å². The maximum Gasteiger partial charge on any atom is 0.124 e. The molecule has 0 saturated carbocycles. The Kier molecular flexibility index (Phi) is 5.49. The lowest BCUT2D eigenvalue weighted by atomic mass is 10.1. The highest BCUT2D eigenvalue weighted by molar-refractivity contribution is 7.98. The first-order chi connectivity index (χ1) is 9.70. The average molecular weight is 307 g/mol. The Morgan fingerprint density at radius 2 is 2.00 bits per heavy atom. The van der Waals surface area contributed by atoms with Crippen molar-refractivity contribution >= 4 is 23.4 Å². The number of halogens is 2. The topological polar surface area (TPSA) is 20.2 Å². The number of aliphatic hydroxyl groups is 1. The minimum Gasteiger partial charge on any atom is -0.384 e. The molecule has 0 aliphatic carbocycles. The summed E-state index contributed by atoms with van der Waals surface area (Å²) in [5.41, 5.74) is 1.51. The predicted octanol–water partition coefficient (Wildman–Crippen LogP) is 4.12. The molecule has 20 heavy (non-hydrogen) atoms. The van der Waals surface area contributed by atoms with Gasteiger partial charge >= 0.3 is 0 Å². The third-order valence-corrected chi connectivity index (χ3v) is 4.16. The molecule has 4 heteroatoms. The number of aliphatic hydroxyl groups excluding tert-OH is 1. The predicted molar refractivity (Wildman–Crippen MR) is 81.4 cm³/mol. The molecule has 0 aliphatic rings. The normalized spacial score (nSPS) is 9.95. The van der Waals surface area contributed by atoms with E-state index in [4.69, 9.17) is 16.7 Å². The van der Waals surface area contributed by atoms with Crippen LogP contribution in [-0.4, -0.2) is 11.7 Å². The number of hydrogen-bond donors (Lipinski definition) is 1. The average Bonchev–Trinajstić information content (AvgIpc) is 2.45. The van der Waals surface area contributed by atoms with Crippen LogP contribution in [0.1, 0.15) is 11.1 Å². The van der Waals surface area contributed by atoms with Gasteiger partial charge in [-0.1, -0.05) is 41.6 Å². The lowest BCUT2D eigenvalue weighted by Gasteiger charge is -2.06. The number of benzene rings is 2. The summed E-state index contributed by atoms with van der Waals surface area (Å²) >= 11 is 7.67. The van der Waals surface area contributed by atoms with Crippen LogP contribution in [0.15, 0.2) is 47.4 Å². The number of thioether (sulfide) groups is 1. The highest BCUT2D eigenvalue weighted by Crippen LogP contribution is 2.30. The minimum atomic E-state index is -0.335. The highest BCUT2D eigenvalue weighted by Gasteiger charge is 2.05. The summed E-state index contributed by atoms with van der Waals surface area (Å²) in [7, 11) is 0. The molecule has 1 N–H and O–H groups in total. The first-order valence-electron chi connectivity index (χ1n) is 5.96. The second kappa shape index (κ2) is 7.35. The second-order valence-electron chi connectivity index (χ2n) is 3.98. The molecule has 2 aromatic carbocycles. The van der Waals surface area contributed by atoms with Crippen LogP contribution in [-0.2, 0) is 5.75 Å². The van der Waals surface area contributed by atoms with Crippen molar-refractivity contribution in [3.8, 4) is 11.8 Å². The molecule has 1 nitrogen and oxygen atoms in total. The Labute approximate surface area is 126 Å². The first-order valence-corrected chi connectivity index (χ1v) is 7.32. The summed E-state index contributed by atoms with van der Waals surface area (Å²) < 4.78 is 13.2. The van der Waals surface area contributed by atoms with Gasteiger partial charge in [-0.05, 0) is 29.8 Å². The SMILES string of the molecule is OCC#Cc1cc(F)ccc1CSc1ccccc1Cl. The van der Waals surface area contributed by atoms with Gasteiger partial charge in [-0.15, -0.1) is 11.8 Å². The molecular formula is C16H12ClFOS. The zero-order chi connectivity index (χ0) is 14.4. The van der Waals surface area contributed by atoms with Crippen molar-refractivity contribution in [2.45, 2.75) is 10.6 Å². The molecule has 0 aliphatic heterocycles. The minimum absolute atomic E-state index is 0.242. The van der Waals surface area contributed by atoms with E-state index in [0.717, 1.165) is 10.5 Å². The lowest BCUT2D eigenvalue weighted by molar-refractivity contribution is 0.350. The summed E-state index contributed by atoms with van der Waals surface area (Å²) in [6.45, 7) is -0.242. The molecule has 2 aromatic rings. The molecule has 0 spiro atoms. The molecule has 0 heterocycles. The second-order valence-corrected chi connectivity index (χ2v) is 5.40. The Morgan fingerprint density at radius 1 is 1.20 bits per heavy atom. The highest BCUT2D eigenvalue weighted by atomic mass is 35.5. The van der Waals surface area contributed by atoms with Crippen molar-refractivity contribution in [1.82, 2.24) is 0 Å². The lowest BCUT2D eigenvalue weighted by Crippen LogP contribution is -1.90. The fourth-order valence-corrected chi connectivity index (χ4v) is 2.89. The third-order valence-electron chi connectivity index (χ3n) is 2.59. The number of hydrogen-bond acceptors (Lipinski definition) is 2. The van der Waals surface area contributed by atoms with Gasteiger partial charge in [-0.25, -0.2) is 4.39 Å². The molecule has 2 rings (SSSR count). The van der Waals surface area contributed by atoms with Crippen molar-refractivity contribution < 1.29 is 9.50 Å². The van der Waals surface area contributed by atoms with Crippen LogP contribution < -0.4 is 0 Å². The molecule has 0 amide bonds. The van der Waals surface area contributed by atoms with E-state index in [9.17, 15) is 4.39 Å². The van der Waals surface area contributed by atoms with Gasteiger partial charge in [0.05, 0.1) is 5.02 Å². The van der Waals surface area contributed by atoms with Crippen LogP contribution >= 0.6 is 23.4 Å². The van der Waals surface area contributed by atoms with Gasteiger partial charge in [0.25, 0.3) is 0 Å². The Bertz CT molecular complexity index is 661. The van der Waals surface area contributed by atoms with Gasteiger partial charge in [-0.3, -0.25) is 0 Å². The molecule has 0 aromatic heterocycles. The molecule has 0 radical (unpaired) electrons. The van der Waals surface area contributed by atoms with E-state index >= 15 is 0 Å². The number of rotatable bonds is 3. The third kappa shape index (κ3) is 4.01. The molecule has 0 saturated heterocycles. The molecule has 0 atom stereocenters. The van der Waals surface area contributed by atoms with Crippen LogP contribution in [0.2, 0.25) is 5.02 Å². The van der Waals surface area contributed by atoms with Gasteiger partial charge < -0.3 is 5.11 Å². The zero-order valence-corrected chi connectivity index (χ0v) is 12.1. The van der Waals surface area contributed by atoms with Gasteiger partial charge in [0.2, 0.25) is 0 Å². The molecular weight excluding hydrogens is 295 g/mol. The van der Waals surface area contributed by atoms with Gasteiger partial charge in [0, 0.05) is 16.2 Å². The van der Waals surface area contributed by atoms with Crippen molar-refractivity contribution in [3.05, 3.63) is 64.4 Å². The summed E-state index contributed by atoms with van der Waals surface area (Å²) in [5, 5.41) is 9.44. The molecule has 0 unspecified atom stereocenters. The van der Waals surface area contributed by atoms with E-state index in [2.05, 4.69) is 11.8 Å². The zero-order valence-electron chi connectivity index (χ0n) is 10.6. The first kappa shape index (κ1) is 14.9. The van der Waals surface area contributed by atoms with Crippen molar-refractivity contribution in [2.75, 3.05) is 6.61 Å². The van der Waals surface area contributed by atoms with Crippen LogP contribution in [0, 0.1) is 17.7 Å². The van der Waals surface area contributed by atoms with Crippen LogP contribution in [0.3, 0.4) is 0 Å². The summed E-state index contributed by atoms with van der Waals surface area (Å²) in [6.07, 6.45) is 0. The van der Waals surface area contributed by atoms with Crippen LogP contribution in [0.4, 0.5) is 4.39 Å². The van der Waals surface area contributed by atoms with E-state index in [1.165, 1.54) is 12.1 Å². The van der Waals surface area contributed by atoms with E-state index in [0.29, 0.717) is 16.3 Å². The van der Waals surface area contributed by atoms with Crippen LogP contribution in [0.25, 0.3) is 0 Å². The largest absolute Gasteiger partial charge is 0.384 e. The van der Waals surface area contributed by atoms with Crippen molar-refractivity contribution in [3.63, 3.8) is 0 Å². The van der Waals surface area contributed by atoms with Gasteiger partial charge in [0.1, 0.15) is 12.4 Å². The monoisotopic (exact) mass is 306 g/mol. The van der Waals surface area contributed by atoms with E-state index in [1.807, 2.05) is 24.3 Å². The summed E-state index contributed by atoms with van der Waals surface area (Å²) in [5.74, 6) is 5.62. The van der Waals surface area contributed by atoms with Crippen molar-refractivity contribution in [2.24, 2.45) is 0 Å². The van der Waals surface area contributed by atoms with Gasteiger partial charge in [-0.2, -0.15) is 0 Å². The van der Waals surface area contributed by atoms with Crippen LogP contribution in [0.5, 0.6) is 0 Å².